The van der Waals surface area contributed by atoms with Crippen LogP contribution in [0.25, 0.3) is 10.9 Å². The first-order chi connectivity index (χ1) is 13.4. The van der Waals surface area contributed by atoms with E-state index in [1.54, 1.807) is 6.07 Å². The third-order valence-electron chi connectivity index (χ3n) is 5.72. The van der Waals surface area contributed by atoms with Crippen molar-refractivity contribution in [3.8, 4) is 0 Å². The molecule has 0 radical (unpaired) electrons. The van der Waals surface area contributed by atoms with E-state index >= 15 is 0 Å². The number of fused-ring (bicyclic) bond motifs is 1. The van der Waals surface area contributed by atoms with E-state index in [-0.39, 0.29) is 5.54 Å². The largest absolute Gasteiger partial charge is 0.321 e. The zero-order chi connectivity index (χ0) is 19.7. The molecule has 1 aliphatic carbocycles. The number of aromatic nitrogens is 1. The molecule has 146 valence electrons. The summed E-state index contributed by atoms with van der Waals surface area (Å²) < 4.78 is 0. The Bertz CT molecular complexity index is 997. The summed E-state index contributed by atoms with van der Waals surface area (Å²) in [6, 6.07) is 13.9. The molecule has 0 unspecified atom stereocenters. The van der Waals surface area contributed by atoms with Gasteiger partial charge >= 0.3 is 0 Å². The first-order valence-electron chi connectivity index (χ1n) is 9.45. The standard InChI is InChI=1S/C22H22Cl3N3/c23-15-2-1-14(20(25)11-15)13-28-17-5-8-22(26,9-6-17)19-7-10-27-21-12-16(24)3-4-18(19)21/h1-4,7,10-12,17,28H,5-6,8-9,13,26H2. The molecule has 1 aromatic heterocycles. The van der Waals surface area contributed by atoms with E-state index in [1.165, 1.54) is 0 Å². The Morgan fingerprint density at radius 3 is 2.46 bits per heavy atom. The molecule has 4 rings (SSSR count). The van der Waals surface area contributed by atoms with Gasteiger partial charge in [-0.25, -0.2) is 0 Å². The fourth-order valence-electron chi connectivity index (χ4n) is 4.08. The normalized spacial score (nSPS) is 22.5. The molecule has 0 atom stereocenters. The second kappa shape index (κ2) is 8.17. The Morgan fingerprint density at radius 1 is 1.00 bits per heavy atom. The molecule has 2 aromatic carbocycles. The number of halogens is 3. The molecule has 0 bridgehead atoms. The van der Waals surface area contributed by atoms with Crippen molar-refractivity contribution in [1.29, 1.82) is 0 Å². The van der Waals surface area contributed by atoms with Gasteiger partial charge in [-0.2, -0.15) is 0 Å². The highest BCUT2D eigenvalue weighted by Crippen LogP contribution is 2.38. The van der Waals surface area contributed by atoms with Gasteiger partial charge in [0.1, 0.15) is 0 Å². The maximum atomic E-state index is 6.87. The van der Waals surface area contributed by atoms with Crippen molar-refractivity contribution in [3.63, 3.8) is 0 Å². The molecule has 0 amide bonds. The SMILES string of the molecule is NC1(c2ccnc3cc(Cl)ccc23)CCC(NCc2ccc(Cl)cc2Cl)CC1. The maximum absolute atomic E-state index is 6.87. The third kappa shape index (κ3) is 4.14. The van der Waals surface area contributed by atoms with Crippen LogP contribution < -0.4 is 11.1 Å². The fourth-order valence-corrected chi connectivity index (χ4v) is 4.72. The third-order valence-corrected chi connectivity index (χ3v) is 6.54. The van der Waals surface area contributed by atoms with Crippen molar-refractivity contribution in [3.05, 3.63) is 74.9 Å². The molecule has 0 aliphatic heterocycles. The molecule has 1 fully saturated rings. The minimum atomic E-state index is -0.342. The Morgan fingerprint density at radius 2 is 1.71 bits per heavy atom. The van der Waals surface area contributed by atoms with Crippen LogP contribution in [0.3, 0.4) is 0 Å². The van der Waals surface area contributed by atoms with Gasteiger partial charge < -0.3 is 11.1 Å². The lowest BCUT2D eigenvalue weighted by Crippen LogP contribution is -2.45. The molecule has 3 nitrogen and oxygen atoms in total. The highest BCUT2D eigenvalue weighted by atomic mass is 35.5. The van der Waals surface area contributed by atoms with Gasteiger partial charge in [0.25, 0.3) is 0 Å². The van der Waals surface area contributed by atoms with Crippen molar-refractivity contribution < 1.29 is 0 Å². The number of hydrogen-bond donors (Lipinski definition) is 2. The summed E-state index contributed by atoms with van der Waals surface area (Å²) in [6.07, 6.45) is 5.69. The summed E-state index contributed by atoms with van der Waals surface area (Å²) in [5.74, 6) is 0. The van der Waals surface area contributed by atoms with E-state index in [0.717, 1.165) is 54.3 Å². The summed E-state index contributed by atoms with van der Waals surface area (Å²) in [5.41, 5.74) is 9.65. The number of hydrogen-bond acceptors (Lipinski definition) is 3. The van der Waals surface area contributed by atoms with Crippen molar-refractivity contribution in [1.82, 2.24) is 10.3 Å². The van der Waals surface area contributed by atoms with Gasteiger partial charge in [0.2, 0.25) is 0 Å². The zero-order valence-corrected chi connectivity index (χ0v) is 17.7. The minimum absolute atomic E-state index is 0.342. The number of benzene rings is 2. The van der Waals surface area contributed by atoms with Crippen molar-refractivity contribution in [2.24, 2.45) is 5.73 Å². The van der Waals surface area contributed by atoms with Gasteiger partial charge in [-0.3, -0.25) is 4.98 Å². The summed E-state index contributed by atoms with van der Waals surface area (Å²) in [5, 5.41) is 6.76. The van der Waals surface area contributed by atoms with E-state index in [2.05, 4.69) is 16.4 Å². The zero-order valence-electron chi connectivity index (χ0n) is 15.4. The van der Waals surface area contributed by atoms with E-state index in [1.807, 2.05) is 36.5 Å². The molecule has 3 aromatic rings. The summed E-state index contributed by atoms with van der Waals surface area (Å²) >= 11 is 18.4. The van der Waals surface area contributed by atoms with Gasteiger partial charge in [-0.15, -0.1) is 0 Å². The van der Waals surface area contributed by atoms with Crippen molar-refractivity contribution in [2.45, 2.75) is 43.8 Å². The fraction of sp³-hybridized carbons (Fsp3) is 0.318. The highest BCUT2D eigenvalue weighted by molar-refractivity contribution is 6.35. The van der Waals surface area contributed by atoms with Gasteiger partial charge in [-0.1, -0.05) is 46.9 Å². The van der Waals surface area contributed by atoms with Crippen LogP contribution in [0.4, 0.5) is 0 Å². The second-order valence-corrected chi connectivity index (χ2v) is 8.85. The highest BCUT2D eigenvalue weighted by Gasteiger charge is 2.34. The number of nitrogens with one attached hydrogen (secondary N) is 1. The Balaban J connectivity index is 1.44. The maximum Gasteiger partial charge on any atom is 0.0720 e. The van der Waals surface area contributed by atoms with Crippen LogP contribution in [-0.2, 0) is 12.1 Å². The molecule has 1 heterocycles. The second-order valence-electron chi connectivity index (χ2n) is 7.57. The lowest BCUT2D eigenvalue weighted by Gasteiger charge is -2.38. The molecule has 0 saturated heterocycles. The van der Waals surface area contributed by atoms with Crippen molar-refractivity contribution >= 4 is 45.7 Å². The lowest BCUT2D eigenvalue weighted by molar-refractivity contribution is 0.252. The average Bonchev–Trinajstić information content (AvgIpc) is 2.68. The Kier molecular flexibility index (Phi) is 5.82. The van der Waals surface area contributed by atoms with Crippen LogP contribution in [0.15, 0.2) is 48.7 Å². The van der Waals surface area contributed by atoms with Crippen LogP contribution >= 0.6 is 34.8 Å². The summed E-state index contributed by atoms with van der Waals surface area (Å²) in [6.45, 7) is 0.731. The first kappa shape index (κ1) is 19.9. The van der Waals surface area contributed by atoms with Crippen LogP contribution in [0.5, 0.6) is 0 Å². The average molecular weight is 435 g/mol. The molecule has 28 heavy (non-hydrogen) atoms. The topological polar surface area (TPSA) is 50.9 Å². The van der Waals surface area contributed by atoms with Gasteiger partial charge in [0.05, 0.1) is 5.52 Å². The molecule has 1 aliphatic rings. The van der Waals surface area contributed by atoms with E-state index in [4.69, 9.17) is 40.5 Å². The molecule has 3 N–H and O–H groups in total. The summed E-state index contributed by atoms with van der Waals surface area (Å²) in [4.78, 5) is 4.45. The van der Waals surface area contributed by atoms with E-state index in [0.29, 0.717) is 21.1 Å². The molecular formula is C22H22Cl3N3. The van der Waals surface area contributed by atoms with Gasteiger partial charge in [-0.05, 0) is 67.1 Å². The quantitative estimate of drug-likeness (QED) is 0.523. The van der Waals surface area contributed by atoms with Gasteiger partial charge in [0, 0.05) is 44.8 Å². The van der Waals surface area contributed by atoms with Crippen LogP contribution in [0, 0.1) is 0 Å². The van der Waals surface area contributed by atoms with Gasteiger partial charge in [0.15, 0.2) is 0 Å². The smallest absolute Gasteiger partial charge is 0.0720 e. The predicted octanol–water partition coefficient (Wildman–Crippen LogP) is 6.08. The van der Waals surface area contributed by atoms with E-state index < -0.39 is 0 Å². The number of nitrogens with zero attached hydrogens (tertiary/aromatic N) is 1. The molecule has 0 spiro atoms. The molecular weight excluding hydrogens is 413 g/mol. The Hall–Kier alpha value is -1.36. The number of pyridine rings is 1. The van der Waals surface area contributed by atoms with Crippen LogP contribution in [0.2, 0.25) is 15.1 Å². The Labute approximate surface area is 180 Å². The minimum Gasteiger partial charge on any atom is -0.321 e. The number of nitrogens with two attached hydrogens (primary N) is 1. The van der Waals surface area contributed by atoms with Crippen LogP contribution in [0.1, 0.15) is 36.8 Å². The number of rotatable bonds is 4. The van der Waals surface area contributed by atoms with Crippen molar-refractivity contribution in [2.75, 3.05) is 0 Å². The monoisotopic (exact) mass is 433 g/mol. The summed E-state index contributed by atoms with van der Waals surface area (Å²) in [7, 11) is 0. The lowest BCUT2D eigenvalue weighted by atomic mass is 9.74. The van der Waals surface area contributed by atoms with Crippen LogP contribution in [-0.4, -0.2) is 11.0 Å². The molecule has 1 saturated carbocycles. The molecule has 6 heteroatoms. The first-order valence-corrected chi connectivity index (χ1v) is 10.6. The predicted molar refractivity (Wildman–Crippen MR) is 118 cm³/mol. The van der Waals surface area contributed by atoms with E-state index in [9.17, 15) is 0 Å².